The number of ether oxygens (including phenoxy) is 1. The molecule has 4 nitrogen and oxygen atoms in total. The zero-order valence-corrected chi connectivity index (χ0v) is 16.0. The number of imide groups is 1. The molecular weight excluding hydrogens is 338 g/mol. The molecule has 2 amide bonds. The van der Waals surface area contributed by atoms with Crippen molar-refractivity contribution in [1.29, 1.82) is 0 Å². The number of carbonyl (C=O) groups is 2. The fourth-order valence-electron chi connectivity index (χ4n) is 3.41. The summed E-state index contributed by atoms with van der Waals surface area (Å²) in [6.45, 7) is 5.40. The second kappa shape index (κ2) is 7.39. The average molecular weight is 363 g/mol. The molecule has 1 heterocycles. The summed E-state index contributed by atoms with van der Waals surface area (Å²) in [5.41, 5.74) is 0.649. The van der Waals surface area contributed by atoms with Gasteiger partial charge in [-0.1, -0.05) is 66.7 Å². The molecule has 0 spiro atoms. The summed E-state index contributed by atoms with van der Waals surface area (Å²) in [5.74, 6) is -0.337. The minimum absolute atomic E-state index is 0.337. The van der Waals surface area contributed by atoms with Crippen molar-refractivity contribution in [3.63, 3.8) is 0 Å². The Morgan fingerprint density at radius 3 is 1.85 bits per heavy atom. The van der Waals surface area contributed by atoms with Gasteiger partial charge in [0.05, 0.1) is 5.54 Å². The topological polar surface area (TPSA) is 46.6 Å². The van der Waals surface area contributed by atoms with Crippen molar-refractivity contribution in [1.82, 2.24) is 4.90 Å². The van der Waals surface area contributed by atoms with Gasteiger partial charge in [-0.3, -0.25) is 4.79 Å². The number of amides is 2. The predicted octanol–water partition coefficient (Wildman–Crippen LogP) is 4.54. The van der Waals surface area contributed by atoms with Gasteiger partial charge in [0.2, 0.25) is 0 Å². The minimum atomic E-state index is -0.790. The van der Waals surface area contributed by atoms with Gasteiger partial charge in [-0.05, 0) is 31.9 Å². The quantitative estimate of drug-likeness (QED) is 0.801. The largest absolute Gasteiger partial charge is 0.443 e. The highest BCUT2D eigenvalue weighted by molar-refractivity contribution is 6.02. The Hall–Kier alpha value is -2.88. The van der Waals surface area contributed by atoms with Crippen molar-refractivity contribution in [3.8, 4) is 0 Å². The molecule has 140 valence electrons. The van der Waals surface area contributed by atoms with Crippen molar-refractivity contribution < 1.29 is 14.3 Å². The Bertz CT molecular complexity index is 793. The summed E-state index contributed by atoms with van der Waals surface area (Å²) < 4.78 is 5.55. The zero-order chi connectivity index (χ0) is 19.5. The second-order valence-corrected chi connectivity index (χ2v) is 7.92. The van der Waals surface area contributed by atoms with Gasteiger partial charge in [0.1, 0.15) is 5.60 Å². The lowest BCUT2D eigenvalue weighted by Gasteiger charge is -2.37. The molecule has 2 aromatic carbocycles. The third kappa shape index (κ3) is 4.45. The molecule has 3 rings (SSSR count). The first-order valence-electron chi connectivity index (χ1n) is 9.13. The summed E-state index contributed by atoms with van der Waals surface area (Å²) in [7, 11) is 0. The van der Waals surface area contributed by atoms with E-state index >= 15 is 0 Å². The van der Waals surface area contributed by atoms with Crippen molar-refractivity contribution >= 4 is 12.0 Å². The van der Waals surface area contributed by atoms with Crippen LogP contribution in [0.15, 0.2) is 72.8 Å². The van der Waals surface area contributed by atoms with Gasteiger partial charge in [0, 0.05) is 18.9 Å². The predicted molar refractivity (Wildman–Crippen MR) is 105 cm³/mol. The maximum Gasteiger partial charge on any atom is 0.418 e. The molecule has 0 radical (unpaired) electrons. The molecule has 0 fully saturated rings. The Kier molecular flexibility index (Phi) is 5.17. The molecule has 2 aromatic rings. The highest BCUT2D eigenvalue weighted by Crippen LogP contribution is 2.33. The smallest absolute Gasteiger partial charge is 0.418 e. The normalized spacial score (nSPS) is 15.8. The zero-order valence-electron chi connectivity index (χ0n) is 16.0. The molecule has 0 saturated heterocycles. The van der Waals surface area contributed by atoms with Crippen LogP contribution in [-0.2, 0) is 22.4 Å². The molecule has 27 heavy (non-hydrogen) atoms. The summed E-state index contributed by atoms with van der Waals surface area (Å²) in [4.78, 5) is 26.8. The van der Waals surface area contributed by atoms with Crippen LogP contribution in [-0.4, -0.2) is 28.0 Å². The number of hydrogen-bond donors (Lipinski definition) is 0. The average Bonchev–Trinajstić information content (AvgIpc) is 2.91. The van der Waals surface area contributed by atoms with Gasteiger partial charge in [0.25, 0.3) is 5.91 Å². The fraction of sp³-hybridized carbons (Fsp3) is 0.304. The van der Waals surface area contributed by atoms with Crippen LogP contribution in [0.25, 0.3) is 0 Å². The number of nitrogens with zero attached hydrogens (tertiary/aromatic N) is 1. The van der Waals surface area contributed by atoms with Crippen LogP contribution in [0, 0.1) is 0 Å². The van der Waals surface area contributed by atoms with Crippen LogP contribution in [0.4, 0.5) is 4.79 Å². The molecule has 4 heteroatoms. The number of hydrogen-bond acceptors (Lipinski definition) is 3. The molecule has 0 bridgehead atoms. The maximum atomic E-state index is 12.9. The molecule has 0 unspecified atom stereocenters. The lowest BCUT2D eigenvalue weighted by molar-refractivity contribution is -0.127. The van der Waals surface area contributed by atoms with E-state index in [1.807, 2.05) is 66.7 Å². The van der Waals surface area contributed by atoms with E-state index in [9.17, 15) is 9.59 Å². The minimum Gasteiger partial charge on any atom is -0.443 e. The van der Waals surface area contributed by atoms with Crippen LogP contribution in [0.1, 0.15) is 31.9 Å². The van der Waals surface area contributed by atoms with Gasteiger partial charge in [-0.25, -0.2) is 9.69 Å². The van der Waals surface area contributed by atoms with Crippen LogP contribution in [0.2, 0.25) is 0 Å². The van der Waals surface area contributed by atoms with Crippen LogP contribution in [0.5, 0.6) is 0 Å². The van der Waals surface area contributed by atoms with E-state index in [4.69, 9.17) is 4.74 Å². The van der Waals surface area contributed by atoms with Crippen LogP contribution < -0.4 is 0 Å². The lowest BCUT2D eigenvalue weighted by atomic mass is 9.84. The molecule has 0 aromatic heterocycles. The van der Waals surface area contributed by atoms with E-state index in [0.29, 0.717) is 12.8 Å². The highest BCUT2D eigenvalue weighted by Gasteiger charge is 2.46. The second-order valence-electron chi connectivity index (χ2n) is 7.92. The van der Waals surface area contributed by atoms with Crippen molar-refractivity contribution in [2.75, 3.05) is 0 Å². The van der Waals surface area contributed by atoms with Crippen LogP contribution in [0.3, 0.4) is 0 Å². The third-order valence-electron chi connectivity index (χ3n) is 4.48. The van der Waals surface area contributed by atoms with E-state index in [0.717, 1.165) is 11.1 Å². The van der Waals surface area contributed by atoms with Crippen molar-refractivity contribution in [3.05, 3.63) is 83.9 Å². The van der Waals surface area contributed by atoms with Gasteiger partial charge in [-0.15, -0.1) is 0 Å². The standard InChI is InChI=1S/C23H25NO3/c1-22(2,3)27-21(26)24-20(25)14-15-23(24,16-18-10-6-4-7-11-18)17-19-12-8-5-9-13-19/h4-15H,16-17H2,1-3H3. The Morgan fingerprint density at radius 2 is 1.41 bits per heavy atom. The Morgan fingerprint density at radius 1 is 0.926 bits per heavy atom. The molecule has 1 aliphatic rings. The molecule has 0 aliphatic carbocycles. The van der Waals surface area contributed by atoms with Crippen LogP contribution >= 0.6 is 0 Å². The molecule has 0 atom stereocenters. The molecule has 0 N–H and O–H groups in total. The van der Waals surface area contributed by atoms with E-state index in [1.165, 1.54) is 11.0 Å². The van der Waals surface area contributed by atoms with Gasteiger partial charge >= 0.3 is 6.09 Å². The summed E-state index contributed by atoms with van der Waals surface area (Å²) in [5, 5.41) is 0. The van der Waals surface area contributed by atoms with Crippen molar-refractivity contribution in [2.24, 2.45) is 0 Å². The van der Waals surface area contributed by atoms with E-state index < -0.39 is 17.2 Å². The first-order chi connectivity index (χ1) is 12.8. The first-order valence-corrected chi connectivity index (χ1v) is 9.13. The Balaban J connectivity index is 2.00. The van der Waals surface area contributed by atoms with E-state index in [2.05, 4.69) is 0 Å². The van der Waals surface area contributed by atoms with Crippen molar-refractivity contribution in [2.45, 2.75) is 44.8 Å². The third-order valence-corrected chi connectivity index (χ3v) is 4.48. The number of benzene rings is 2. The van der Waals surface area contributed by atoms with Gasteiger partial charge in [-0.2, -0.15) is 0 Å². The summed E-state index contributed by atoms with van der Waals surface area (Å²) >= 11 is 0. The molecule has 1 aliphatic heterocycles. The molecule has 0 saturated carbocycles. The fourth-order valence-corrected chi connectivity index (χ4v) is 3.41. The monoisotopic (exact) mass is 363 g/mol. The van der Waals surface area contributed by atoms with E-state index in [1.54, 1.807) is 20.8 Å². The van der Waals surface area contributed by atoms with Gasteiger partial charge < -0.3 is 4.74 Å². The lowest BCUT2D eigenvalue weighted by Crippen LogP contribution is -2.54. The number of rotatable bonds is 4. The van der Waals surface area contributed by atoms with Gasteiger partial charge in [0.15, 0.2) is 0 Å². The Labute approximate surface area is 160 Å². The summed E-state index contributed by atoms with van der Waals surface area (Å²) in [6, 6.07) is 19.8. The summed E-state index contributed by atoms with van der Waals surface area (Å²) in [6.07, 6.45) is 3.79. The highest BCUT2D eigenvalue weighted by atomic mass is 16.6. The van der Waals surface area contributed by atoms with E-state index in [-0.39, 0.29) is 5.91 Å². The molecular formula is C23H25NO3. The first kappa shape index (κ1) is 18.9. The SMILES string of the molecule is CC(C)(C)OC(=O)N1C(=O)C=CC1(Cc1ccccc1)Cc1ccccc1. The number of carbonyl (C=O) groups excluding carboxylic acids is 2. The maximum absolute atomic E-state index is 12.9.